The van der Waals surface area contributed by atoms with Gasteiger partial charge in [-0.25, -0.2) is 25.2 Å². The maximum absolute atomic E-state index is 12.6. The zero-order chi connectivity index (χ0) is 38.3. The number of azo groups is 2. The van der Waals surface area contributed by atoms with Gasteiger partial charge in [0.1, 0.15) is 16.3 Å². The Labute approximate surface area is 293 Å². The molecular formula is C25H30N6O15S5. The van der Waals surface area contributed by atoms with Crippen LogP contribution >= 0.6 is 0 Å². The fraction of sp³-hybridized carbons (Fsp3) is 0.280. The van der Waals surface area contributed by atoms with Crippen molar-refractivity contribution in [2.45, 2.75) is 14.7 Å². The van der Waals surface area contributed by atoms with Crippen LogP contribution in [0.25, 0.3) is 0 Å². The second kappa shape index (κ2) is 16.6. The molecule has 0 saturated carbocycles. The van der Waals surface area contributed by atoms with Crippen LogP contribution in [-0.2, 0) is 71.5 Å². The Balaban J connectivity index is 1.89. The first-order valence-electron chi connectivity index (χ1n) is 13.6. The minimum Gasteiger partial charge on any atom is -0.396 e. The van der Waals surface area contributed by atoms with Gasteiger partial charge in [0.25, 0.3) is 10.1 Å². The summed E-state index contributed by atoms with van der Waals surface area (Å²) in [4.78, 5) is -0.993. The summed E-state index contributed by atoms with van der Waals surface area (Å²) in [6.07, 6.45) is 0. The van der Waals surface area contributed by atoms with Crippen LogP contribution < -0.4 is 11.5 Å². The summed E-state index contributed by atoms with van der Waals surface area (Å²) in [6, 6.07) is 10.6. The lowest BCUT2D eigenvalue weighted by atomic mass is 10.2. The van der Waals surface area contributed by atoms with Crippen LogP contribution in [0.15, 0.2) is 89.7 Å². The maximum Gasteiger partial charge on any atom is 0.399 e. The van der Waals surface area contributed by atoms with Crippen molar-refractivity contribution in [2.24, 2.45) is 20.5 Å². The highest BCUT2D eigenvalue weighted by Crippen LogP contribution is 2.43. The van der Waals surface area contributed by atoms with Crippen molar-refractivity contribution in [1.29, 1.82) is 0 Å². The molecule has 0 atom stereocenters. The Hall–Kier alpha value is -3.99. The topological polar surface area (TPSA) is 318 Å². The predicted octanol–water partition coefficient (Wildman–Crippen LogP) is 2.38. The molecule has 0 aliphatic carbocycles. The van der Waals surface area contributed by atoms with Crippen molar-refractivity contribution >= 4 is 84.7 Å². The highest BCUT2D eigenvalue weighted by Gasteiger charge is 2.25. The van der Waals surface area contributed by atoms with E-state index in [1.54, 1.807) is 0 Å². The van der Waals surface area contributed by atoms with Crippen molar-refractivity contribution < 1.29 is 63.0 Å². The number of nitrogen functional groups attached to an aromatic ring is 2. The van der Waals surface area contributed by atoms with Gasteiger partial charge >= 0.3 is 20.8 Å². The van der Waals surface area contributed by atoms with Crippen LogP contribution in [0.4, 0.5) is 34.1 Å². The molecule has 0 aliphatic heterocycles. The molecule has 0 bridgehead atoms. The Bertz CT molecular complexity index is 2350. The monoisotopic (exact) mass is 814 g/mol. The van der Waals surface area contributed by atoms with E-state index < -0.39 is 85.9 Å². The van der Waals surface area contributed by atoms with E-state index >= 15 is 0 Å². The highest BCUT2D eigenvalue weighted by atomic mass is 32.3. The average molecular weight is 815 g/mol. The van der Waals surface area contributed by atoms with Crippen molar-refractivity contribution in [2.75, 3.05) is 57.5 Å². The quantitative estimate of drug-likeness (QED) is 0.106. The van der Waals surface area contributed by atoms with Gasteiger partial charge in [0.05, 0.1) is 78.6 Å². The third-order valence-electron chi connectivity index (χ3n) is 6.31. The van der Waals surface area contributed by atoms with Crippen LogP contribution in [-0.4, -0.2) is 88.1 Å². The average Bonchev–Trinajstić information content (AvgIpc) is 3.07. The maximum atomic E-state index is 12.6. The third kappa shape index (κ3) is 11.2. The molecule has 3 aromatic carbocycles. The van der Waals surface area contributed by atoms with Gasteiger partial charge in [0.2, 0.25) is 0 Å². The highest BCUT2D eigenvalue weighted by molar-refractivity contribution is 7.91. The van der Waals surface area contributed by atoms with Gasteiger partial charge in [-0.15, -0.1) is 10.2 Å². The van der Waals surface area contributed by atoms with Gasteiger partial charge in [-0.1, -0.05) is 0 Å². The second-order valence-electron chi connectivity index (χ2n) is 9.51. The molecule has 3 rings (SSSR count). The standard InChI is InChI=1S/C25H30N6O15S5/c1-42-49(36,37)22-16-21(30-28-17-4-8-19(9-5-17)47(32,33)14-12-45-50(38,39)43-2)23(26)25(24(22)27)31-29-18-6-10-20(11-7-18)48(34,35)15-13-46-51(40,41)44-3/h4-11,16H,12-15,26-27H2,1-3H3. The molecule has 3 aromatic rings. The number of hydrogen-bond acceptors (Lipinski definition) is 21. The lowest BCUT2D eigenvalue weighted by molar-refractivity contribution is 0.254. The number of nitrogens with zero attached hydrogens (tertiary/aromatic N) is 4. The molecule has 0 unspecified atom stereocenters. The number of rotatable bonds is 18. The second-order valence-corrected chi connectivity index (χ2v) is 18.2. The van der Waals surface area contributed by atoms with E-state index in [9.17, 15) is 42.1 Å². The molecule has 0 spiro atoms. The minimum absolute atomic E-state index is 0.0658. The van der Waals surface area contributed by atoms with Gasteiger partial charge in [-0.3, -0.25) is 12.5 Å². The van der Waals surface area contributed by atoms with Crippen molar-refractivity contribution in [1.82, 2.24) is 0 Å². The number of benzene rings is 3. The van der Waals surface area contributed by atoms with Crippen LogP contribution in [0, 0.1) is 0 Å². The van der Waals surface area contributed by atoms with Gasteiger partial charge in [-0.05, 0) is 54.6 Å². The molecule has 0 fully saturated rings. The smallest absolute Gasteiger partial charge is 0.396 e. The van der Waals surface area contributed by atoms with E-state index in [1.807, 2.05) is 0 Å². The Morgan fingerprint density at radius 1 is 0.549 bits per heavy atom. The van der Waals surface area contributed by atoms with Gasteiger partial charge in [0.15, 0.2) is 19.7 Å². The molecule has 21 nitrogen and oxygen atoms in total. The van der Waals surface area contributed by atoms with Gasteiger partial charge < -0.3 is 11.5 Å². The summed E-state index contributed by atoms with van der Waals surface area (Å²) >= 11 is 0. The molecule has 280 valence electrons. The Morgan fingerprint density at radius 3 is 1.35 bits per heavy atom. The van der Waals surface area contributed by atoms with Crippen LogP contribution in [0.5, 0.6) is 0 Å². The van der Waals surface area contributed by atoms with E-state index in [1.165, 1.54) is 24.3 Å². The van der Waals surface area contributed by atoms with E-state index in [4.69, 9.17) is 11.5 Å². The summed E-state index contributed by atoms with van der Waals surface area (Å²) < 4.78 is 142. The fourth-order valence-electron chi connectivity index (χ4n) is 3.63. The molecule has 0 amide bonds. The lowest BCUT2D eigenvalue weighted by Gasteiger charge is -2.12. The molecule has 4 N–H and O–H groups in total. The summed E-state index contributed by atoms with van der Waals surface area (Å²) in [5, 5.41) is 15.8. The van der Waals surface area contributed by atoms with E-state index in [0.717, 1.165) is 51.7 Å². The molecule has 0 aromatic heterocycles. The lowest BCUT2D eigenvalue weighted by Crippen LogP contribution is -2.16. The molecule has 0 saturated heterocycles. The fourth-order valence-corrected chi connectivity index (χ4v) is 7.59. The van der Waals surface area contributed by atoms with Crippen LogP contribution in [0.2, 0.25) is 0 Å². The predicted molar refractivity (Wildman–Crippen MR) is 179 cm³/mol. The zero-order valence-corrected chi connectivity index (χ0v) is 30.7. The molecular weight excluding hydrogens is 785 g/mol. The number of sulfone groups is 2. The molecule has 0 heterocycles. The number of nitrogens with two attached hydrogens (primary N) is 2. The summed E-state index contributed by atoms with van der Waals surface area (Å²) in [6.45, 7) is -1.40. The summed E-state index contributed by atoms with van der Waals surface area (Å²) in [5.74, 6) is -1.38. The third-order valence-corrected chi connectivity index (χ3v) is 12.7. The SMILES string of the molecule is COS(=O)(=O)OCCS(=O)(=O)c1ccc(N=Nc2cc(S(=O)(=O)OC)c(N)c(N=Nc3ccc(S(=O)(=O)CCOS(=O)(=O)OC)cc3)c2N)cc1. The van der Waals surface area contributed by atoms with Crippen molar-refractivity contribution in [3.05, 3.63) is 54.6 Å². The minimum atomic E-state index is -4.47. The number of anilines is 2. The summed E-state index contributed by atoms with van der Waals surface area (Å²) in [7, 11) is -18.5. The largest absolute Gasteiger partial charge is 0.399 e. The summed E-state index contributed by atoms with van der Waals surface area (Å²) in [5.41, 5.74) is 11.0. The van der Waals surface area contributed by atoms with Crippen LogP contribution in [0.3, 0.4) is 0 Å². The molecule has 0 radical (unpaired) electrons. The van der Waals surface area contributed by atoms with E-state index in [2.05, 4.69) is 41.4 Å². The first-order valence-corrected chi connectivity index (χ1v) is 21.0. The van der Waals surface area contributed by atoms with E-state index in [0.29, 0.717) is 0 Å². The van der Waals surface area contributed by atoms with E-state index in [-0.39, 0.29) is 38.2 Å². The molecule has 0 aliphatic rings. The Morgan fingerprint density at radius 2 is 0.961 bits per heavy atom. The van der Waals surface area contributed by atoms with Crippen LogP contribution in [0.1, 0.15) is 0 Å². The van der Waals surface area contributed by atoms with Gasteiger partial charge in [-0.2, -0.15) is 35.5 Å². The van der Waals surface area contributed by atoms with Crippen molar-refractivity contribution in [3.63, 3.8) is 0 Å². The molecule has 51 heavy (non-hydrogen) atoms. The molecule has 26 heteroatoms. The zero-order valence-electron chi connectivity index (χ0n) is 26.6. The van der Waals surface area contributed by atoms with Gasteiger partial charge in [0, 0.05) is 0 Å². The Kier molecular flexibility index (Phi) is 13.5. The normalized spacial score (nSPS) is 13.3. The number of hydrogen-bond donors (Lipinski definition) is 2. The first kappa shape index (κ1) is 41.4. The van der Waals surface area contributed by atoms with Crippen molar-refractivity contribution in [3.8, 4) is 0 Å². The first-order chi connectivity index (χ1) is 23.7.